The highest BCUT2D eigenvalue weighted by molar-refractivity contribution is 9.10. The Kier molecular flexibility index (Phi) is 4.96. The van der Waals surface area contributed by atoms with Crippen molar-refractivity contribution in [3.05, 3.63) is 22.7 Å². The first-order chi connectivity index (χ1) is 7.95. The van der Waals surface area contributed by atoms with Crippen LogP contribution in [0.15, 0.2) is 22.7 Å². The number of hydrogen-bond donors (Lipinski definition) is 1. The van der Waals surface area contributed by atoms with E-state index in [1.54, 1.807) is 19.1 Å². The van der Waals surface area contributed by atoms with E-state index >= 15 is 0 Å². The van der Waals surface area contributed by atoms with Crippen LogP contribution in [0.3, 0.4) is 0 Å². The van der Waals surface area contributed by atoms with Gasteiger partial charge in [0, 0.05) is 24.0 Å². The maximum absolute atomic E-state index is 11.9. The molecule has 1 amide bonds. The Morgan fingerprint density at radius 3 is 2.76 bits per heavy atom. The SMILES string of the molecule is COc1ccc(Br)cc1N(C)C(=O)CC(C)N. The zero-order chi connectivity index (χ0) is 13.0. The van der Waals surface area contributed by atoms with Crippen molar-refractivity contribution in [3.8, 4) is 5.75 Å². The van der Waals surface area contributed by atoms with Crippen LogP contribution in [0.5, 0.6) is 5.75 Å². The van der Waals surface area contributed by atoms with E-state index in [2.05, 4.69) is 15.9 Å². The van der Waals surface area contributed by atoms with Crippen LogP contribution in [-0.2, 0) is 4.79 Å². The minimum absolute atomic E-state index is 0.0311. The Morgan fingerprint density at radius 2 is 2.24 bits per heavy atom. The summed E-state index contributed by atoms with van der Waals surface area (Å²) in [5.41, 5.74) is 6.35. The van der Waals surface area contributed by atoms with Gasteiger partial charge in [-0.15, -0.1) is 0 Å². The Bertz CT molecular complexity index is 407. The number of nitrogens with two attached hydrogens (primary N) is 1. The maximum Gasteiger partial charge on any atom is 0.228 e. The van der Waals surface area contributed by atoms with Gasteiger partial charge >= 0.3 is 0 Å². The molecule has 0 heterocycles. The number of benzene rings is 1. The van der Waals surface area contributed by atoms with Crippen molar-refractivity contribution in [1.82, 2.24) is 0 Å². The number of carbonyl (C=O) groups is 1. The van der Waals surface area contributed by atoms with Crippen LogP contribution < -0.4 is 15.4 Å². The third-order valence-corrected chi connectivity index (χ3v) is 2.87. The first-order valence-corrected chi connectivity index (χ1v) is 6.10. The molecular weight excluding hydrogens is 284 g/mol. The van der Waals surface area contributed by atoms with E-state index in [-0.39, 0.29) is 11.9 Å². The molecule has 1 aromatic rings. The van der Waals surface area contributed by atoms with E-state index in [0.717, 1.165) is 10.2 Å². The molecule has 0 radical (unpaired) electrons. The molecule has 0 aromatic heterocycles. The standard InChI is InChI=1S/C12H17BrN2O2/c1-8(14)6-12(16)15(2)10-7-9(13)4-5-11(10)17-3/h4-5,7-8H,6,14H2,1-3H3. The van der Waals surface area contributed by atoms with E-state index in [9.17, 15) is 4.79 Å². The molecule has 0 saturated carbocycles. The molecule has 1 aromatic carbocycles. The monoisotopic (exact) mass is 300 g/mol. The summed E-state index contributed by atoms with van der Waals surface area (Å²) in [6, 6.07) is 5.38. The molecule has 0 aliphatic heterocycles. The van der Waals surface area contributed by atoms with Crippen LogP contribution >= 0.6 is 15.9 Å². The number of carbonyl (C=O) groups excluding carboxylic acids is 1. The number of methoxy groups -OCH3 is 1. The van der Waals surface area contributed by atoms with Crippen LogP contribution in [0, 0.1) is 0 Å². The fourth-order valence-corrected chi connectivity index (χ4v) is 1.82. The van der Waals surface area contributed by atoms with Gasteiger partial charge in [-0.3, -0.25) is 4.79 Å². The van der Waals surface area contributed by atoms with Gasteiger partial charge < -0.3 is 15.4 Å². The molecule has 0 bridgehead atoms. The number of rotatable bonds is 4. The minimum Gasteiger partial charge on any atom is -0.495 e. The highest BCUT2D eigenvalue weighted by Gasteiger charge is 2.16. The van der Waals surface area contributed by atoms with Gasteiger partial charge in [-0.1, -0.05) is 15.9 Å². The topological polar surface area (TPSA) is 55.6 Å². The molecular formula is C12H17BrN2O2. The van der Waals surface area contributed by atoms with Crippen molar-refractivity contribution in [3.63, 3.8) is 0 Å². The molecule has 17 heavy (non-hydrogen) atoms. The molecule has 1 atom stereocenters. The lowest BCUT2D eigenvalue weighted by molar-refractivity contribution is -0.118. The number of nitrogens with zero attached hydrogens (tertiary/aromatic N) is 1. The van der Waals surface area contributed by atoms with Gasteiger partial charge in [-0.25, -0.2) is 0 Å². The number of ether oxygens (including phenoxy) is 1. The summed E-state index contributed by atoms with van der Waals surface area (Å²) in [5.74, 6) is 0.630. The lowest BCUT2D eigenvalue weighted by atomic mass is 10.2. The van der Waals surface area contributed by atoms with Crippen LogP contribution in [-0.4, -0.2) is 26.1 Å². The largest absolute Gasteiger partial charge is 0.495 e. The van der Waals surface area contributed by atoms with Gasteiger partial charge in [-0.05, 0) is 25.1 Å². The van der Waals surface area contributed by atoms with Crippen molar-refractivity contribution in [2.24, 2.45) is 5.73 Å². The molecule has 0 saturated heterocycles. The molecule has 0 aliphatic rings. The van der Waals surface area contributed by atoms with Gasteiger partial charge in [0.05, 0.1) is 12.8 Å². The Hall–Kier alpha value is -1.07. The molecule has 2 N–H and O–H groups in total. The normalized spacial score (nSPS) is 12.1. The quantitative estimate of drug-likeness (QED) is 0.927. The molecule has 1 unspecified atom stereocenters. The van der Waals surface area contributed by atoms with Crippen molar-refractivity contribution < 1.29 is 9.53 Å². The molecule has 5 heteroatoms. The Balaban J connectivity index is 2.98. The molecule has 94 valence electrons. The van der Waals surface area contributed by atoms with Crippen molar-refractivity contribution in [2.75, 3.05) is 19.1 Å². The second kappa shape index (κ2) is 6.02. The number of halogens is 1. The lowest BCUT2D eigenvalue weighted by Crippen LogP contribution is -2.32. The van der Waals surface area contributed by atoms with E-state index in [1.165, 1.54) is 0 Å². The minimum atomic E-state index is -0.150. The van der Waals surface area contributed by atoms with Crippen LogP contribution in [0.2, 0.25) is 0 Å². The van der Waals surface area contributed by atoms with Gasteiger partial charge in [0.25, 0.3) is 0 Å². The molecule has 1 rings (SSSR count). The summed E-state index contributed by atoms with van der Waals surface area (Å²) < 4.78 is 6.13. The van der Waals surface area contributed by atoms with E-state index in [4.69, 9.17) is 10.5 Å². The van der Waals surface area contributed by atoms with Gasteiger partial charge in [0.2, 0.25) is 5.91 Å². The Morgan fingerprint density at radius 1 is 1.59 bits per heavy atom. The summed E-state index contributed by atoms with van der Waals surface area (Å²) in [4.78, 5) is 13.5. The van der Waals surface area contributed by atoms with E-state index in [1.807, 2.05) is 25.1 Å². The summed E-state index contributed by atoms with van der Waals surface area (Å²) in [6.45, 7) is 1.81. The number of anilines is 1. The summed E-state index contributed by atoms with van der Waals surface area (Å²) in [7, 11) is 3.30. The van der Waals surface area contributed by atoms with E-state index < -0.39 is 0 Å². The number of hydrogen-bond acceptors (Lipinski definition) is 3. The lowest BCUT2D eigenvalue weighted by Gasteiger charge is -2.21. The van der Waals surface area contributed by atoms with E-state index in [0.29, 0.717) is 12.2 Å². The first-order valence-electron chi connectivity index (χ1n) is 5.31. The highest BCUT2D eigenvalue weighted by atomic mass is 79.9. The van der Waals surface area contributed by atoms with Gasteiger partial charge in [0.1, 0.15) is 5.75 Å². The fourth-order valence-electron chi connectivity index (χ4n) is 1.47. The fraction of sp³-hybridized carbons (Fsp3) is 0.417. The molecule has 0 fully saturated rings. The van der Waals surface area contributed by atoms with Crippen LogP contribution in [0.4, 0.5) is 5.69 Å². The van der Waals surface area contributed by atoms with Crippen molar-refractivity contribution in [2.45, 2.75) is 19.4 Å². The average Bonchev–Trinajstić information content (AvgIpc) is 2.27. The van der Waals surface area contributed by atoms with Gasteiger partial charge in [0.15, 0.2) is 0 Å². The van der Waals surface area contributed by atoms with Crippen molar-refractivity contribution >= 4 is 27.5 Å². The molecule has 0 spiro atoms. The second-order valence-electron chi connectivity index (χ2n) is 3.95. The second-order valence-corrected chi connectivity index (χ2v) is 4.87. The third kappa shape index (κ3) is 3.71. The maximum atomic E-state index is 11.9. The summed E-state index contributed by atoms with van der Waals surface area (Å²) in [6.07, 6.45) is 0.312. The highest BCUT2D eigenvalue weighted by Crippen LogP contribution is 2.30. The zero-order valence-electron chi connectivity index (χ0n) is 10.2. The predicted octanol–water partition coefficient (Wildman–Crippen LogP) is 2.16. The summed E-state index contributed by atoms with van der Waals surface area (Å²) >= 11 is 3.38. The van der Waals surface area contributed by atoms with Crippen molar-refractivity contribution in [1.29, 1.82) is 0 Å². The smallest absolute Gasteiger partial charge is 0.228 e. The average molecular weight is 301 g/mol. The Labute approximate surface area is 110 Å². The first kappa shape index (κ1) is 14.0. The third-order valence-electron chi connectivity index (χ3n) is 2.37. The molecule has 0 aliphatic carbocycles. The molecule has 4 nitrogen and oxygen atoms in total. The summed E-state index contributed by atoms with van der Waals surface area (Å²) in [5, 5.41) is 0. The van der Waals surface area contributed by atoms with Crippen LogP contribution in [0.1, 0.15) is 13.3 Å². The van der Waals surface area contributed by atoms with Gasteiger partial charge in [-0.2, -0.15) is 0 Å². The van der Waals surface area contributed by atoms with Crippen LogP contribution in [0.25, 0.3) is 0 Å². The predicted molar refractivity (Wildman–Crippen MR) is 72.4 cm³/mol. The zero-order valence-corrected chi connectivity index (χ0v) is 11.8. The number of amides is 1.